The second-order valence-electron chi connectivity index (χ2n) is 4.33. The minimum Gasteiger partial charge on any atom is -0.395 e. The summed E-state index contributed by atoms with van der Waals surface area (Å²) in [6.07, 6.45) is 0.570. The highest BCUT2D eigenvalue weighted by Crippen LogP contribution is 2.15. The summed E-state index contributed by atoms with van der Waals surface area (Å²) in [6.45, 7) is -0.0638. The second-order valence-corrected chi connectivity index (χ2v) is 5.11. The second kappa shape index (κ2) is 7.58. The third-order valence-corrected chi connectivity index (χ3v) is 3.39. The van der Waals surface area contributed by atoms with Crippen molar-refractivity contribution in [2.75, 3.05) is 11.9 Å². The van der Waals surface area contributed by atoms with Gasteiger partial charge in [0.05, 0.1) is 18.6 Å². The number of halogens is 1. The first-order chi connectivity index (χ1) is 10.2. The molecule has 2 rings (SSSR count). The van der Waals surface area contributed by atoms with E-state index in [4.69, 9.17) is 5.11 Å². The zero-order chi connectivity index (χ0) is 15.1. The van der Waals surface area contributed by atoms with Crippen LogP contribution in [0.15, 0.2) is 35.0 Å². The lowest BCUT2D eigenvalue weighted by molar-refractivity contribution is -0.115. The van der Waals surface area contributed by atoms with Gasteiger partial charge in [-0.1, -0.05) is 11.8 Å². The van der Waals surface area contributed by atoms with Gasteiger partial charge in [-0.05, 0) is 40.6 Å². The number of amides is 1. The summed E-state index contributed by atoms with van der Waals surface area (Å²) in [4.78, 5) is 11.9. The van der Waals surface area contributed by atoms with E-state index in [2.05, 4.69) is 17.2 Å². The molecule has 0 fully saturated rings. The van der Waals surface area contributed by atoms with Crippen LogP contribution in [0.4, 0.5) is 10.1 Å². The van der Waals surface area contributed by atoms with Crippen LogP contribution in [0.2, 0.25) is 0 Å². The van der Waals surface area contributed by atoms with Crippen molar-refractivity contribution in [1.29, 1.82) is 0 Å². The average Bonchev–Trinajstić information content (AvgIpc) is 2.95. The van der Waals surface area contributed by atoms with Crippen molar-refractivity contribution < 1.29 is 14.3 Å². The maximum absolute atomic E-state index is 13.6. The number of anilines is 1. The molecule has 0 aliphatic heterocycles. The highest BCUT2D eigenvalue weighted by atomic mass is 32.1. The fraction of sp³-hybridized carbons (Fsp3) is 0.188. The fourth-order valence-corrected chi connectivity index (χ4v) is 2.36. The van der Waals surface area contributed by atoms with Crippen LogP contribution in [-0.2, 0) is 11.2 Å². The number of carbonyl (C=O) groups excluding carboxylic acids is 1. The Balaban J connectivity index is 2.05. The molecule has 0 saturated carbocycles. The normalized spacial score (nSPS) is 9.81. The van der Waals surface area contributed by atoms with E-state index in [1.54, 1.807) is 0 Å². The summed E-state index contributed by atoms with van der Waals surface area (Å²) in [5.74, 6) is 4.69. The maximum atomic E-state index is 13.6. The van der Waals surface area contributed by atoms with E-state index in [1.807, 2.05) is 16.8 Å². The zero-order valence-corrected chi connectivity index (χ0v) is 12.0. The van der Waals surface area contributed by atoms with E-state index >= 15 is 0 Å². The monoisotopic (exact) mass is 303 g/mol. The number of hydrogen-bond donors (Lipinski definition) is 2. The van der Waals surface area contributed by atoms with Gasteiger partial charge in [0.1, 0.15) is 5.82 Å². The molecular formula is C16H14FNO2S. The Morgan fingerprint density at radius 3 is 2.95 bits per heavy atom. The number of nitrogens with one attached hydrogen (secondary N) is 1. The minimum atomic E-state index is -0.448. The number of rotatable bonds is 4. The molecule has 0 atom stereocenters. The molecule has 0 radical (unpaired) electrons. The molecular weight excluding hydrogens is 289 g/mol. The van der Waals surface area contributed by atoms with Gasteiger partial charge >= 0.3 is 0 Å². The van der Waals surface area contributed by atoms with Gasteiger partial charge in [-0.25, -0.2) is 4.39 Å². The Morgan fingerprint density at radius 2 is 2.24 bits per heavy atom. The summed E-state index contributed by atoms with van der Waals surface area (Å²) < 4.78 is 13.6. The highest BCUT2D eigenvalue weighted by Gasteiger charge is 2.06. The molecule has 2 aromatic rings. The lowest BCUT2D eigenvalue weighted by atomic mass is 10.1. The standard InChI is InChI=1S/C16H14FNO2S/c17-15-5-4-14(10-13(15)3-1-2-7-19)18-16(20)9-12-6-8-21-11-12/h4-6,8,10-11,19H,2,7,9H2,(H,18,20). The Bertz CT molecular complexity index is 671. The van der Waals surface area contributed by atoms with Crippen LogP contribution in [0.25, 0.3) is 0 Å². The molecule has 0 aliphatic rings. The third kappa shape index (κ3) is 4.71. The summed E-state index contributed by atoms with van der Waals surface area (Å²) in [6, 6.07) is 6.15. The number of aliphatic hydroxyl groups excluding tert-OH is 1. The topological polar surface area (TPSA) is 49.3 Å². The Labute approximate surface area is 126 Å². The van der Waals surface area contributed by atoms with Crippen LogP contribution in [-0.4, -0.2) is 17.6 Å². The molecule has 0 spiro atoms. The van der Waals surface area contributed by atoms with E-state index < -0.39 is 5.82 Å². The maximum Gasteiger partial charge on any atom is 0.228 e. The first-order valence-corrected chi connectivity index (χ1v) is 7.33. The first kappa shape index (κ1) is 15.2. The predicted molar refractivity (Wildman–Crippen MR) is 81.6 cm³/mol. The molecule has 0 bridgehead atoms. The van der Waals surface area contributed by atoms with Crippen molar-refractivity contribution in [2.45, 2.75) is 12.8 Å². The molecule has 108 valence electrons. The quantitative estimate of drug-likeness (QED) is 0.853. The Hall–Kier alpha value is -2.16. The Morgan fingerprint density at radius 1 is 1.38 bits per heavy atom. The fourth-order valence-electron chi connectivity index (χ4n) is 1.70. The van der Waals surface area contributed by atoms with Crippen LogP contribution in [0.3, 0.4) is 0 Å². The number of aliphatic hydroxyl groups is 1. The molecule has 1 heterocycles. The van der Waals surface area contributed by atoms with E-state index in [0.29, 0.717) is 5.69 Å². The van der Waals surface area contributed by atoms with E-state index in [1.165, 1.54) is 29.5 Å². The summed E-state index contributed by atoms with van der Waals surface area (Å²) in [5.41, 5.74) is 1.66. The minimum absolute atomic E-state index is 0.0638. The number of thiophene rings is 1. The molecule has 1 aromatic carbocycles. The van der Waals surface area contributed by atoms with Crippen molar-refractivity contribution in [1.82, 2.24) is 0 Å². The molecule has 2 N–H and O–H groups in total. The van der Waals surface area contributed by atoms with Gasteiger partial charge in [-0.15, -0.1) is 0 Å². The lowest BCUT2D eigenvalue weighted by Crippen LogP contribution is -2.14. The highest BCUT2D eigenvalue weighted by molar-refractivity contribution is 7.08. The third-order valence-electron chi connectivity index (χ3n) is 2.65. The van der Waals surface area contributed by atoms with E-state index in [9.17, 15) is 9.18 Å². The van der Waals surface area contributed by atoms with Gasteiger partial charge in [0.25, 0.3) is 0 Å². The number of carbonyl (C=O) groups is 1. The molecule has 0 aliphatic carbocycles. The van der Waals surface area contributed by atoms with Crippen LogP contribution in [0.1, 0.15) is 17.5 Å². The van der Waals surface area contributed by atoms with Crippen molar-refractivity contribution in [3.8, 4) is 11.8 Å². The molecule has 0 unspecified atom stereocenters. The van der Waals surface area contributed by atoms with Gasteiger partial charge < -0.3 is 10.4 Å². The van der Waals surface area contributed by atoms with Crippen LogP contribution < -0.4 is 5.32 Å². The summed E-state index contributed by atoms with van der Waals surface area (Å²) in [5, 5.41) is 15.2. The van der Waals surface area contributed by atoms with Gasteiger partial charge in [-0.3, -0.25) is 4.79 Å². The molecule has 1 aromatic heterocycles. The molecule has 21 heavy (non-hydrogen) atoms. The van der Waals surface area contributed by atoms with Crippen LogP contribution >= 0.6 is 11.3 Å². The smallest absolute Gasteiger partial charge is 0.228 e. The number of hydrogen-bond acceptors (Lipinski definition) is 3. The van der Waals surface area contributed by atoms with Crippen molar-refractivity contribution in [2.24, 2.45) is 0 Å². The van der Waals surface area contributed by atoms with Gasteiger partial charge in [-0.2, -0.15) is 11.3 Å². The molecule has 3 nitrogen and oxygen atoms in total. The number of benzene rings is 1. The van der Waals surface area contributed by atoms with E-state index in [-0.39, 0.29) is 30.9 Å². The van der Waals surface area contributed by atoms with Crippen molar-refractivity contribution in [3.63, 3.8) is 0 Å². The molecule has 1 amide bonds. The van der Waals surface area contributed by atoms with Crippen molar-refractivity contribution in [3.05, 3.63) is 52.0 Å². The first-order valence-electron chi connectivity index (χ1n) is 6.39. The molecule has 5 heteroatoms. The largest absolute Gasteiger partial charge is 0.395 e. The summed E-state index contributed by atoms with van der Waals surface area (Å²) in [7, 11) is 0. The average molecular weight is 303 g/mol. The molecule has 0 saturated heterocycles. The van der Waals surface area contributed by atoms with Crippen LogP contribution in [0, 0.1) is 17.7 Å². The van der Waals surface area contributed by atoms with Gasteiger partial charge in [0.2, 0.25) is 5.91 Å². The van der Waals surface area contributed by atoms with Gasteiger partial charge in [0.15, 0.2) is 0 Å². The SMILES string of the molecule is O=C(Cc1ccsc1)Nc1ccc(F)c(C#CCCO)c1. The Kier molecular flexibility index (Phi) is 5.50. The van der Waals surface area contributed by atoms with Crippen LogP contribution in [0.5, 0.6) is 0 Å². The van der Waals surface area contributed by atoms with E-state index in [0.717, 1.165) is 5.56 Å². The summed E-state index contributed by atoms with van der Waals surface area (Å²) >= 11 is 1.54. The lowest BCUT2D eigenvalue weighted by Gasteiger charge is -2.05. The van der Waals surface area contributed by atoms with Gasteiger partial charge in [0, 0.05) is 12.1 Å². The predicted octanol–water partition coefficient (Wildman–Crippen LogP) is 2.80. The zero-order valence-electron chi connectivity index (χ0n) is 11.2. The van der Waals surface area contributed by atoms with Crippen molar-refractivity contribution >= 4 is 22.9 Å².